The number of halogens is 1. The van der Waals surface area contributed by atoms with Gasteiger partial charge in [-0.1, -0.05) is 89.2 Å². The molecule has 200 valence electrons. The van der Waals surface area contributed by atoms with Crippen molar-refractivity contribution in [2.75, 3.05) is 19.6 Å². The van der Waals surface area contributed by atoms with E-state index in [0.29, 0.717) is 12.0 Å². The number of hydrogen-bond acceptors (Lipinski definition) is 4. The summed E-state index contributed by atoms with van der Waals surface area (Å²) in [5, 5.41) is 10.9. The van der Waals surface area contributed by atoms with E-state index in [1.165, 1.54) is 48.1 Å². The van der Waals surface area contributed by atoms with Crippen LogP contribution in [-0.4, -0.2) is 52.8 Å². The van der Waals surface area contributed by atoms with Crippen LogP contribution >= 0.6 is 15.9 Å². The highest BCUT2D eigenvalue weighted by molar-refractivity contribution is 9.10. The molecule has 0 bridgehead atoms. The van der Waals surface area contributed by atoms with E-state index in [9.17, 15) is 0 Å². The standard InChI is InChI=1S/C32H45BrN4/c1-5-7-12-26(6-2)20-34-32(37-25(4)31(33)21-35-37)19-24(3)28-16-11-18-36(22-28)23-29-15-10-14-27-13-8-9-17-30(27)29/h5,7-8,10,12-15,21,25,28,31-32,34H,3,6,9,11,16-20,22-23H2,1-2,4H3/b7-5-,26-12+. The van der Waals surface area contributed by atoms with Crippen LogP contribution < -0.4 is 5.32 Å². The molecule has 0 spiro atoms. The first-order chi connectivity index (χ1) is 18.0. The van der Waals surface area contributed by atoms with Gasteiger partial charge in [0.1, 0.15) is 6.17 Å². The van der Waals surface area contributed by atoms with Crippen molar-refractivity contribution in [3.63, 3.8) is 0 Å². The van der Waals surface area contributed by atoms with Crippen molar-refractivity contribution in [3.05, 3.63) is 76.9 Å². The predicted molar refractivity (Wildman–Crippen MR) is 163 cm³/mol. The third kappa shape index (κ3) is 7.34. The molecule has 2 heterocycles. The van der Waals surface area contributed by atoms with Crippen LogP contribution in [0.4, 0.5) is 0 Å². The summed E-state index contributed by atoms with van der Waals surface area (Å²) in [6.45, 7) is 15.4. The van der Waals surface area contributed by atoms with E-state index in [4.69, 9.17) is 5.10 Å². The fraction of sp³-hybridized carbons (Fsp3) is 0.531. The van der Waals surface area contributed by atoms with E-state index >= 15 is 0 Å². The maximum Gasteiger partial charge on any atom is 0.101 e. The summed E-state index contributed by atoms with van der Waals surface area (Å²) in [5.41, 5.74) is 7.24. The van der Waals surface area contributed by atoms with Crippen LogP contribution in [0.2, 0.25) is 0 Å². The molecule has 1 fully saturated rings. The molecule has 2 aliphatic heterocycles. The normalized spacial score (nSPS) is 25.1. The first-order valence-electron chi connectivity index (χ1n) is 14.2. The summed E-state index contributed by atoms with van der Waals surface area (Å²) in [5.74, 6) is 0.531. The first kappa shape index (κ1) is 28.1. The fourth-order valence-corrected chi connectivity index (χ4v) is 6.16. The Kier molecular flexibility index (Phi) is 10.4. The number of hydrogen-bond donors (Lipinski definition) is 1. The lowest BCUT2D eigenvalue weighted by molar-refractivity contribution is 0.135. The lowest BCUT2D eigenvalue weighted by atomic mass is 9.87. The van der Waals surface area contributed by atoms with Gasteiger partial charge in [0.2, 0.25) is 0 Å². The minimum atomic E-state index is 0.144. The number of piperidine rings is 1. The van der Waals surface area contributed by atoms with Crippen LogP contribution in [-0.2, 0) is 13.0 Å². The molecule has 4 unspecified atom stereocenters. The average Bonchev–Trinajstić information content (AvgIpc) is 3.26. The Bertz CT molecular complexity index is 1040. The molecule has 37 heavy (non-hydrogen) atoms. The molecule has 0 radical (unpaired) electrons. The molecule has 0 aromatic heterocycles. The van der Waals surface area contributed by atoms with E-state index in [2.05, 4.69) is 107 Å². The maximum atomic E-state index is 4.78. The number of benzene rings is 1. The molecule has 1 aliphatic carbocycles. The van der Waals surface area contributed by atoms with Crippen molar-refractivity contribution in [2.45, 2.75) is 82.9 Å². The highest BCUT2D eigenvalue weighted by atomic mass is 79.9. The summed E-state index contributed by atoms with van der Waals surface area (Å²) in [4.78, 5) is 2.95. The van der Waals surface area contributed by atoms with E-state index in [-0.39, 0.29) is 11.0 Å². The smallest absolute Gasteiger partial charge is 0.101 e. The van der Waals surface area contributed by atoms with Gasteiger partial charge < -0.3 is 0 Å². The Morgan fingerprint density at radius 3 is 2.97 bits per heavy atom. The van der Waals surface area contributed by atoms with E-state index in [0.717, 1.165) is 38.9 Å². The molecule has 1 N–H and O–H groups in total. The van der Waals surface area contributed by atoms with Gasteiger partial charge in [0.15, 0.2) is 0 Å². The molecule has 4 atom stereocenters. The number of nitrogens with zero attached hydrogens (tertiary/aromatic N) is 3. The molecule has 1 saturated heterocycles. The number of fused-ring (bicyclic) bond motifs is 1. The van der Waals surface area contributed by atoms with Gasteiger partial charge in [-0.2, -0.15) is 5.10 Å². The van der Waals surface area contributed by atoms with Crippen molar-refractivity contribution >= 4 is 28.2 Å². The van der Waals surface area contributed by atoms with Gasteiger partial charge in [-0.05, 0) is 75.1 Å². The summed E-state index contributed by atoms with van der Waals surface area (Å²) in [7, 11) is 0. The predicted octanol–water partition coefficient (Wildman–Crippen LogP) is 7.09. The second-order valence-corrected chi connectivity index (χ2v) is 11.9. The lowest BCUT2D eigenvalue weighted by Crippen LogP contribution is -2.48. The molecule has 3 aliphatic rings. The van der Waals surface area contributed by atoms with Crippen LogP contribution in [0.15, 0.2) is 65.3 Å². The molecular formula is C32H45BrN4. The maximum absolute atomic E-state index is 4.78. The number of hydrazone groups is 1. The van der Waals surface area contributed by atoms with Crippen molar-refractivity contribution in [1.82, 2.24) is 15.2 Å². The quantitative estimate of drug-likeness (QED) is 0.177. The molecular weight excluding hydrogens is 520 g/mol. The van der Waals surface area contributed by atoms with Crippen molar-refractivity contribution in [1.29, 1.82) is 0 Å². The Balaban J connectivity index is 1.41. The molecule has 1 aromatic carbocycles. The summed E-state index contributed by atoms with van der Waals surface area (Å²) < 4.78 is 0. The van der Waals surface area contributed by atoms with Gasteiger partial charge in [0.25, 0.3) is 0 Å². The minimum Gasteiger partial charge on any atom is -0.298 e. The highest BCUT2D eigenvalue weighted by Crippen LogP contribution is 2.31. The van der Waals surface area contributed by atoms with Gasteiger partial charge >= 0.3 is 0 Å². The SMILES string of the molecule is C=C(CC(NC/C(=C/C=C\C)CC)N1N=CC(Br)C1C)C1CCCN(Cc2cccc3c2CCC=C3)C1. The third-order valence-electron chi connectivity index (χ3n) is 8.18. The number of likely N-dealkylation sites (tertiary alicyclic amines) is 1. The zero-order valence-electron chi connectivity index (χ0n) is 23.0. The monoisotopic (exact) mass is 564 g/mol. The Morgan fingerprint density at radius 2 is 2.22 bits per heavy atom. The molecule has 5 heteroatoms. The Hall–Kier alpha value is -1.95. The van der Waals surface area contributed by atoms with Gasteiger partial charge in [-0.25, -0.2) is 0 Å². The van der Waals surface area contributed by atoms with Crippen LogP contribution in [0, 0.1) is 5.92 Å². The zero-order chi connectivity index (χ0) is 26.2. The zero-order valence-corrected chi connectivity index (χ0v) is 24.6. The lowest BCUT2D eigenvalue weighted by Gasteiger charge is -2.37. The Morgan fingerprint density at radius 1 is 1.35 bits per heavy atom. The van der Waals surface area contributed by atoms with E-state index in [1.54, 1.807) is 5.56 Å². The number of nitrogens with one attached hydrogen (secondary N) is 1. The second-order valence-electron chi connectivity index (χ2n) is 10.8. The molecule has 4 rings (SSSR count). The van der Waals surface area contributed by atoms with Gasteiger partial charge in [0, 0.05) is 32.3 Å². The molecule has 1 aromatic rings. The molecule has 0 saturated carbocycles. The summed E-state index contributed by atoms with van der Waals surface area (Å²) >= 11 is 3.78. The van der Waals surface area contributed by atoms with E-state index < -0.39 is 0 Å². The number of rotatable bonds is 11. The van der Waals surface area contributed by atoms with Crippen LogP contribution in [0.25, 0.3) is 6.08 Å². The summed E-state index contributed by atoms with van der Waals surface area (Å²) in [6, 6.07) is 7.15. The van der Waals surface area contributed by atoms with Crippen LogP contribution in [0.5, 0.6) is 0 Å². The first-order valence-corrected chi connectivity index (χ1v) is 15.1. The van der Waals surface area contributed by atoms with Gasteiger partial charge in [-0.15, -0.1) is 0 Å². The minimum absolute atomic E-state index is 0.144. The van der Waals surface area contributed by atoms with E-state index in [1.807, 2.05) is 6.21 Å². The largest absolute Gasteiger partial charge is 0.298 e. The van der Waals surface area contributed by atoms with Crippen LogP contribution in [0.3, 0.4) is 0 Å². The van der Waals surface area contributed by atoms with Gasteiger partial charge in [0.05, 0.1) is 10.9 Å². The number of allylic oxidation sites excluding steroid dienone is 4. The Labute approximate surface area is 233 Å². The average molecular weight is 566 g/mol. The molecule has 0 amide bonds. The van der Waals surface area contributed by atoms with Crippen molar-refractivity contribution in [3.8, 4) is 0 Å². The van der Waals surface area contributed by atoms with Crippen LogP contribution in [0.1, 0.15) is 69.6 Å². The highest BCUT2D eigenvalue weighted by Gasteiger charge is 2.32. The topological polar surface area (TPSA) is 30.9 Å². The van der Waals surface area contributed by atoms with Crippen molar-refractivity contribution in [2.24, 2.45) is 11.0 Å². The number of alkyl halides is 1. The fourth-order valence-electron chi connectivity index (χ4n) is 5.81. The molecule has 4 nitrogen and oxygen atoms in total. The van der Waals surface area contributed by atoms with Crippen molar-refractivity contribution < 1.29 is 0 Å². The van der Waals surface area contributed by atoms with Gasteiger partial charge in [-0.3, -0.25) is 15.2 Å². The summed E-state index contributed by atoms with van der Waals surface area (Å²) in [6.07, 6.45) is 20.0. The third-order valence-corrected chi connectivity index (χ3v) is 9.18. The second kappa shape index (κ2) is 13.7.